The van der Waals surface area contributed by atoms with E-state index < -0.39 is 0 Å². The molecule has 1 aromatic carbocycles. The summed E-state index contributed by atoms with van der Waals surface area (Å²) in [6, 6.07) is 4.00. The molecule has 1 N–H and O–H groups in total. The van der Waals surface area contributed by atoms with Gasteiger partial charge in [0.25, 0.3) is 0 Å². The van der Waals surface area contributed by atoms with E-state index in [9.17, 15) is 4.79 Å². The van der Waals surface area contributed by atoms with Crippen molar-refractivity contribution in [2.24, 2.45) is 0 Å². The van der Waals surface area contributed by atoms with Crippen LogP contribution in [0.2, 0.25) is 0 Å². The summed E-state index contributed by atoms with van der Waals surface area (Å²) < 4.78 is 16.3. The quantitative estimate of drug-likeness (QED) is 0.896. The van der Waals surface area contributed by atoms with Gasteiger partial charge in [-0.05, 0) is 29.7 Å². The number of fused-ring (bicyclic) bond motifs is 1. The highest BCUT2D eigenvalue weighted by Crippen LogP contribution is 2.33. The van der Waals surface area contributed by atoms with Gasteiger partial charge in [-0.15, -0.1) is 0 Å². The van der Waals surface area contributed by atoms with Gasteiger partial charge >= 0.3 is 0 Å². The van der Waals surface area contributed by atoms with Crippen molar-refractivity contribution in [1.29, 1.82) is 0 Å². The Morgan fingerprint density at radius 2 is 2.04 bits per heavy atom. The van der Waals surface area contributed by atoms with E-state index in [1.165, 1.54) is 5.56 Å². The van der Waals surface area contributed by atoms with Gasteiger partial charge in [0.05, 0.1) is 33.4 Å². The Morgan fingerprint density at radius 1 is 1.30 bits per heavy atom. The second kappa shape index (κ2) is 7.19. The van der Waals surface area contributed by atoms with Crippen LogP contribution in [0.3, 0.4) is 0 Å². The molecule has 3 rings (SSSR count). The number of nitrogens with one attached hydrogen (secondary N) is 1. The molecule has 1 atom stereocenters. The van der Waals surface area contributed by atoms with Crippen LogP contribution in [0.25, 0.3) is 0 Å². The molecule has 1 saturated heterocycles. The maximum atomic E-state index is 12.5. The second-order valence-corrected chi connectivity index (χ2v) is 5.94. The lowest BCUT2D eigenvalue weighted by Crippen LogP contribution is -2.43. The van der Waals surface area contributed by atoms with Crippen molar-refractivity contribution < 1.29 is 19.0 Å². The topological polar surface area (TPSA) is 60.0 Å². The fraction of sp³-hybridized carbons (Fsp3) is 0.588. The largest absolute Gasteiger partial charge is 0.493 e. The van der Waals surface area contributed by atoms with Crippen LogP contribution in [0.1, 0.15) is 17.5 Å². The minimum absolute atomic E-state index is 0.0111. The molecule has 0 spiro atoms. The van der Waals surface area contributed by atoms with E-state index in [4.69, 9.17) is 14.2 Å². The van der Waals surface area contributed by atoms with Gasteiger partial charge in [0.15, 0.2) is 11.5 Å². The number of ether oxygens (including phenoxy) is 3. The Morgan fingerprint density at radius 3 is 2.70 bits per heavy atom. The van der Waals surface area contributed by atoms with Crippen LogP contribution in [0, 0.1) is 0 Å². The number of benzene rings is 1. The summed E-state index contributed by atoms with van der Waals surface area (Å²) in [5.74, 6) is 1.60. The predicted molar refractivity (Wildman–Crippen MR) is 85.9 cm³/mol. The van der Waals surface area contributed by atoms with E-state index >= 15 is 0 Å². The molecular formula is C17H24N2O4. The first kappa shape index (κ1) is 16.1. The summed E-state index contributed by atoms with van der Waals surface area (Å²) in [7, 11) is 3.27. The lowest BCUT2D eigenvalue weighted by molar-refractivity contribution is -0.135. The van der Waals surface area contributed by atoms with Gasteiger partial charge < -0.3 is 24.4 Å². The van der Waals surface area contributed by atoms with E-state index in [0.29, 0.717) is 25.3 Å². The van der Waals surface area contributed by atoms with Crippen molar-refractivity contribution in [2.75, 3.05) is 40.5 Å². The van der Waals surface area contributed by atoms with Crippen LogP contribution >= 0.6 is 0 Å². The van der Waals surface area contributed by atoms with Crippen molar-refractivity contribution in [3.05, 3.63) is 23.3 Å². The van der Waals surface area contributed by atoms with Crippen LogP contribution in [-0.4, -0.2) is 57.4 Å². The highest BCUT2D eigenvalue weighted by atomic mass is 16.5. The first-order chi connectivity index (χ1) is 11.2. The molecule has 1 aromatic rings. The molecule has 0 unspecified atom stereocenters. The molecule has 23 heavy (non-hydrogen) atoms. The van der Waals surface area contributed by atoms with Gasteiger partial charge in [-0.2, -0.15) is 0 Å². The number of carbonyl (C=O) groups excluding carboxylic acids is 1. The highest BCUT2D eigenvalue weighted by molar-refractivity contribution is 5.77. The number of hydrogen-bond acceptors (Lipinski definition) is 5. The van der Waals surface area contributed by atoms with E-state index in [1.807, 2.05) is 17.0 Å². The Balaban J connectivity index is 1.68. The molecule has 126 valence electrons. The average Bonchev–Trinajstić information content (AvgIpc) is 2.60. The van der Waals surface area contributed by atoms with Crippen LogP contribution in [-0.2, 0) is 22.5 Å². The third-order valence-electron chi connectivity index (χ3n) is 4.48. The standard InChI is InChI=1S/C17H24N2O4/c1-21-15-7-12-3-5-19(11-13(12)8-16(15)22-2)17(20)9-14-10-18-4-6-23-14/h7-8,14,18H,3-6,9-11H2,1-2H3/t14-/m0/s1. The predicted octanol–water partition coefficient (Wildman–Crippen LogP) is 0.967. The van der Waals surface area contributed by atoms with E-state index in [-0.39, 0.29) is 12.0 Å². The minimum Gasteiger partial charge on any atom is -0.493 e. The minimum atomic E-state index is -0.0111. The normalized spacial score (nSPS) is 20.8. The summed E-state index contributed by atoms with van der Waals surface area (Å²) in [6.07, 6.45) is 1.27. The van der Waals surface area contributed by atoms with Crippen LogP contribution in [0.5, 0.6) is 11.5 Å². The summed E-state index contributed by atoms with van der Waals surface area (Å²) in [5.41, 5.74) is 2.35. The number of morpholine rings is 1. The van der Waals surface area contributed by atoms with Gasteiger partial charge in [0.2, 0.25) is 5.91 Å². The van der Waals surface area contributed by atoms with E-state index in [0.717, 1.165) is 37.4 Å². The molecule has 0 aromatic heterocycles. The maximum Gasteiger partial charge on any atom is 0.225 e. The van der Waals surface area contributed by atoms with Crippen LogP contribution in [0.15, 0.2) is 12.1 Å². The van der Waals surface area contributed by atoms with Crippen LogP contribution in [0.4, 0.5) is 0 Å². The number of hydrogen-bond donors (Lipinski definition) is 1. The zero-order chi connectivity index (χ0) is 16.2. The molecule has 1 fully saturated rings. The SMILES string of the molecule is COc1cc2c(cc1OC)CN(C(=O)C[C@H]1CNCCO1)CC2. The number of amides is 1. The lowest BCUT2D eigenvalue weighted by atomic mass is 9.98. The molecule has 2 aliphatic rings. The third-order valence-corrected chi connectivity index (χ3v) is 4.48. The summed E-state index contributed by atoms with van der Waals surface area (Å²) in [5, 5.41) is 3.26. The zero-order valence-electron chi connectivity index (χ0n) is 13.8. The number of nitrogens with zero attached hydrogens (tertiary/aromatic N) is 1. The number of rotatable bonds is 4. The van der Waals surface area contributed by atoms with Gasteiger partial charge in [0, 0.05) is 26.2 Å². The van der Waals surface area contributed by atoms with Crippen molar-refractivity contribution in [1.82, 2.24) is 10.2 Å². The smallest absolute Gasteiger partial charge is 0.225 e. The fourth-order valence-corrected chi connectivity index (χ4v) is 3.17. The van der Waals surface area contributed by atoms with E-state index in [2.05, 4.69) is 5.32 Å². The summed E-state index contributed by atoms with van der Waals surface area (Å²) in [4.78, 5) is 14.4. The number of methoxy groups -OCH3 is 2. The average molecular weight is 320 g/mol. The maximum absolute atomic E-state index is 12.5. The van der Waals surface area contributed by atoms with Crippen molar-refractivity contribution >= 4 is 5.91 Å². The third kappa shape index (κ3) is 3.59. The monoisotopic (exact) mass is 320 g/mol. The first-order valence-electron chi connectivity index (χ1n) is 8.05. The molecule has 2 heterocycles. The molecule has 0 radical (unpaired) electrons. The second-order valence-electron chi connectivity index (χ2n) is 5.94. The highest BCUT2D eigenvalue weighted by Gasteiger charge is 2.25. The number of carbonyl (C=O) groups is 1. The van der Waals surface area contributed by atoms with Gasteiger partial charge in [-0.3, -0.25) is 4.79 Å². The van der Waals surface area contributed by atoms with Gasteiger partial charge in [0.1, 0.15) is 0 Å². The molecule has 2 aliphatic heterocycles. The van der Waals surface area contributed by atoms with Crippen molar-refractivity contribution in [3.63, 3.8) is 0 Å². The summed E-state index contributed by atoms with van der Waals surface area (Å²) in [6.45, 7) is 3.65. The molecule has 1 amide bonds. The van der Waals surface area contributed by atoms with Crippen molar-refractivity contribution in [2.45, 2.75) is 25.5 Å². The summed E-state index contributed by atoms with van der Waals surface area (Å²) >= 11 is 0. The van der Waals surface area contributed by atoms with E-state index in [1.54, 1.807) is 14.2 Å². The zero-order valence-corrected chi connectivity index (χ0v) is 13.8. The molecule has 6 nitrogen and oxygen atoms in total. The fourth-order valence-electron chi connectivity index (χ4n) is 3.17. The lowest BCUT2D eigenvalue weighted by Gasteiger charge is -2.31. The Bertz CT molecular complexity index is 570. The Labute approximate surface area is 136 Å². The first-order valence-corrected chi connectivity index (χ1v) is 8.05. The van der Waals surface area contributed by atoms with Gasteiger partial charge in [-0.1, -0.05) is 0 Å². The molecular weight excluding hydrogens is 296 g/mol. The molecule has 0 aliphatic carbocycles. The van der Waals surface area contributed by atoms with Gasteiger partial charge in [-0.25, -0.2) is 0 Å². The molecule has 0 saturated carbocycles. The Hall–Kier alpha value is -1.79. The molecule has 0 bridgehead atoms. The van der Waals surface area contributed by atoms with Crippen LogP contribution < -0.4 is 14.8 Å². The Kier molecular flexibility index (Phi) is 5.03. The molecule has 6 heteroatoms. The van der Waals surface area contributed by atoms with Crippen molar-refractivity contribution in [3.8, 4) is 11.5 Å².